The summed E-state index contributed by atoms with van der Waals surface area (Å²) < 4.78 is 0. The Morgan fingerprint density at radius 1 is 0.543 bits per heavy atom. The van der Waals surface area contributed by atoms with Gasteiger partial charge in [0.25, 0.3) is 0 Å². The van der Waals surface area contributed by atoms with E-state index in [9.17, 15) is 0 Å². The fourth-order valence-electron chi connectivity index (χ4n) is 5.19. The number of rotatable bonds is 8. The molecule has 0 aliphatic heterocycles. The monoisotopic (exact) mass is 454 g/mol. The number of hydrogen-bond donors (Lipinski definition) is 0. The molecule has 0 saturated heterocycles. The molecule has 6 rings (SSSR count). The first-order chi connectivity index (χ1) is 17.3. The highest BCUT2D eigenvalue weighted by molar-refractivity contribution is 5.61. The Balaban J connectivity index is 1.21. The van der Waals surface area contributed by atoms with Crippen molar-refractivity contribution >= 4 is 12.2 Å². The van der Waals surface area contributed by atoms with Gasteiger partial charge in [-0.2, -0.15) is 0 Å². The summed E-state index contributed by atoms with van der Waals surface area (Å²) in [7, 11) is 0. The van der Waals surface area contributed by atoms with Crippen molar-refractivity contribution in [3.05, 3.63) is 141 Å². The van der Waals surface area contributed by atoms with Crippen molar-refractivity contribution in [1.29, 1.82) is 0 Å². The topological polar surface area (TPSA) is 25.8 Å². The van der Waals surface area contributed by atoms with Gasteiger partial charge in [0.2, 0.25) is 0 Å². The van der Waals surface area contributed by atoms with Gasteiger partial charge in [-0.15, -0.1) is 0 Å². The van der Waals surface area contributed by atoms with E-state index in [4.69, 9.17) is 9.97 Å². The number of aryl methyl sites for hydroxylation is 4. The molecule has 0 unspecified atom stereocenters. The van der Waals surface area contributed by atoms with Crippen LogP contribution in [0.4, 0.5) is 0 Å². The smallest absolute Gasteiger partial charge is 0.129 e. The number of fused-ring (bicyclic) bond motifs is 2. The summed E-state index contributed by atoms with van der Waals surface area (Å²) in [5.74, 6) is 0.960. The van der Waals surface area contributed by atoms with Crippen LogP contribution < -0.4 is 0 Å². The van der Waals surface area contributed by atoms with Crippen LogP contribution in [-0.4, -0.2) is 9.97 Å². The minimum absolute atomic E-state index is 0.844. The average Bonchev–Trinajstić information content (AvgIpc) is 3.55. The van der Waals surface area contributed by atoms with E-state index in [0.29, 0.717) is 0 Å². The van der Waals surface area contributed by atoms with Crippen LogP contribution in [0.5, 0.6) is 0 Å². The first kappa shape index (κ1) is 21.7. The zero-order valence-electron chi connectivity index (χ0n) is 20.1. The van der Waals surface area contributed by atoms with Gasteiger partial charge in [0, 0.05) is 24.2 Å². The summed E-state index contributed by atoms with van der Waals surface area (Å²) in [6.45, 7) is 0. The van der Waals surface area contributed by atoms with Crippen molar-refractivity contribution in [2.24, 2.45) is 0 Å². The molecule has 2 aliphatic rings. The molecular formula is C33H30N2. The Bertz CT molecular complexity index is 1330. The lowest BCUT2D eigenvalue weighted by Gasteiger charge is -2.10. The average molecular weight is 455 g/mol. The Kier molecular flexibility index (Phi) is 6.11. The van der Waals surface area contributed by atoms with Crippen molar-refractivity contribution in [2.45, 2.75) is 44.9 Å². The van der Waals surface area contributed by atoms with Gasteiger partial charge in [-0.05, 0) is 77.1 Å². The van der Waals surface area contributed by atoms with E-state index in [-0.39, 0.29) is 0 Å². The van der Waals surface area contributed by atoms with E-state index >= 15 is 0 Å². The zero-order chi connectivity index (χ0) is 23.5. The summed E-state index contributed by atoms with van der Waals surface area (Å²) in [5.41, 5.74) is 11.9. The highest BCUT2D eigenvalue weighted by Gasteiger charge is 2.11. The molecule has 0 amide bonds. The third-order valence-corrected chi connectivity index (χ3v) is 7.10. The maximum Gasteiger partial charge on any atom is 0.129 e. The number of allylic oxidation sites excluding steroid dienone is 2. The molecule has 1 heterocycles. The number of aromatic nitrogens is 2. The molecule has 2 aliphatic carbocycles. The van der Waals surface area contributed by atoms with Crippen LogP contribution >= 0.6 is 0 Å². The predicted octanol–water partition coefficient (Wildman–Crippen LogP) is 6.78. The second-order valence-electron chi connectivity index (χ2n) is 9.71. The van der Waals surface area contributed by atoms with E-state index in [1.54, 1.807) is 0 Å². The van der Waals surface area contributed by atoms with Crippen molar-refractivity contribution in [2.75, 3.05) is 0 Å². The molecule has 1 aromatic heterocycles. The molecule has 0 atom stereocenters. The standard InChI is InChI=1S/C33H30N2/c1-2-6-24(7-3-1)22-32-23-31(18-14-25-12-16-27-8-4-10-29(27)20-25)34-33(35-32)19-15-26-13-17-28-9-5-11-30(28)21-26/h1-7,10-13,16-17,20-21,23H,8-9,14-15,18-19,22H2. The van der Waals surface area contributed by atoms with Crippen LogP contribution in [0.2, 0.25) is 0 Å². The summed E-state index contributed by atoms with van der Waals surface area (Å²) in [4.78, 5) is 10.00. The lowest BCUT2D eigenvalue weighted by atomic mass is 10.0. The van der Waals surface area contributed by atoms with Crippen molar-refractivity contribution in [1.82, 2.24) is 9.97 Å². The molecule has 35 heavy (non-hydrogen) atoms. The number of nitrogens with zero attached hydrogens (tertiary/aromatic N) is 2. The van der Waals surface area contributed by atoms with Crippen LogP contribution in [0, 0.1) is 0 Å². The van der Waals surface area contributed by atoms with Crippen molar-refractivity contribution in [3.63, 3.8) is 0 Å². The molecular weight excluding hydrogens is 424 g/mol. The molecule has 172 valence electrons. The quantitative estimate of drug-likeness (QED) is 0.293. The van der Waals surface area contributed by atoms with Crippen LogP contribution in [0.25, 0.3) is 12.2 Å². The Hall–Kier alpha value is -3.78. The highest BCUT2D eigenvalue weighted by atomic mass is 14.9. The maximum atomic E-state index is 5.01. The minimum Gasteiger partial charge on any atom is -0.238 e. The SMILES string of the molecule is C1=Cc2cc(CCc3cc(Cc4ccccc4)nc(CCc4ccc5c(c4)C=CC5)n3)ccc2C1. The van der Waals surface area contributed by atoms with Crippen LogP contribution in [0.15, 0.2) is 84.9 Å². The van der Waals surface area contributed by atoms with Gasteiger partial charge < -0.3 is 0 Å². The van der Waals surface area contributed by atoms with Crippen molar-refractivity contribution < 1.29 is 0 Å². The molecule has 3 aromatic carbocycles. The Morgan fingerprint density at radius 3 is 1.86 bits per heavy atom. The first-order valence-electron chi connectivity index (χ1n) is 12.7. The molecule has 0 saturated carbocycles. The summed E-state index contributed by atoms with van der Waals surface area (Å²) in [6.07, 6.45) is 15.7. The van der Waals surface area contributed by atoms with Gasteiger partial charge in [-0.3, -0.25) is 0 Å². The Labute approximate surface area is 208 Å². The summed E-state index contributed by atoms with van der Waals surface area (Å²) in [5, 5.41) is 0. The molecule has 4 aromatic rings. The second-order valence-corrected chi connectivity index (χ2v) is 9.71. The molecule has 0 N–H and O–H groups in total. The summed E-state index contributed by atoms with van der Waals surface area (Å²) in [6, 6.07) is 26.6. The minimum atomic E-state index is 0.844. The third-order valence-electron chi connectivity index (χ3n) is 7.10. The Morgan fingerprint density at radius 2 is 1.17 bits per heavy atom. The van der Waals surface area contributed by atoms with Crippen LogP contribution in [-0.2, 0) is 44.9 Å². The van der Waals surface area contributed by atoms with E-state index in [2.05, 4.69) is 97.1 Å². The van der Waals surface area contributed by atoms with E-state index in [1.807, 2.05) is 0 Å². The highest BCUT2D eigenvalue weighted by Crippen LogP contribution is 2.23. The summed E-state index contributed by atoms with van der Waals surface area (Å²) >= 11 is 0. The molecule has 0 radical (unpaired) electrons. The van der Waals surface area contributed by atoms with Gasteiger partial charge in [-0.1, -0.05) is 91.0 Å². The fraction of sp³-hybridized carbons (Fsp3) is 0.212. The number of hydrogen-bond acceptors (Lipinski definition) is 2. The zero-order valence-corrected chi connectivity index (χ0v) is 20.1. The van der Waals surface area contributed by atoms with Gasteiger partial charge in [0.15, 0.2) is 0 Å². The molecule has 2 nitrogen and oxygen atoms in total. The molecule has 0 spiro atoms. The molecule has 0 fully saturated rings. The fourth-order valence-corrected chi connectivity index (χ4v) is 5.19. The van der Waals surface area contributed by atoms with E-state index < -0.39 is 0 Å². The van der Waals surface area contributed by atoms with Gasteiger partial charge >= 0.3 is 0 Å². The predicted molar refractivity (Wildman–Crippen MR) is 144 cm³/mol. The van der Waals surface area contributed by atoms with E-state index in [0.717, 1.165) is 62.2 Å². The lowest BCUT2D eigenvalue weighted by Crippen LogP contribution is -2.07. The lowest BCUT2D eigenvalue weighted by molar-refractivity contribution is 0.795. The van der Waals surface area contributed by atoms with Gasteiger partial charge in [0.1, 0.15) is 5.82 Å². The molecule has 0 bridgehead atoms. The van der Waals surface area contributed by atoms with Crippen molar-refractivity contribution in [3.8, 4) is 0 Å². The molecule has 2 heteroatoms. The van der Waals surface area contributed by atoms with Crippen LogP contribution in [0.3, 0.4) is 0 Å². The van der Waals surface area contributed by atoms with Gasteiger partial charge in [0.05, 0.1) is 0 Å². The largest absolute Gasteiger partial charge is 0.238 e. The second kappa shape index (κ2) is 9.84. The van der Waals surface area contributed by atoms with Crippen LogP contribution in [0.1, 0.15) is 56.2 Å². The van der Waals surface area contributed by atoms with Gasteiger partial charge in [-0.25, -0.2) is 9.97 Å². The first-order valence-corrected chi connectivity index (χ1v) is 12.7. The number of benzene rings is 3. The normalized spacial score (nSPS) is 13.3. The van der Waals surface area contributed by atoms with E-state index in [1.165, 1.54) is 38.9 Å². The maximum absolute atomic E-state index is 5.01. The third kappa shape index (κ3) is 5.17.